The lowest BCUT2D eigenvalue weighted by Crippen LogP contribution is -2.30. The maximum Gasteiger partial charge on any atom is 0.245 e. The molecule has 1 aromatic rings. The Morgan fingerprint density at radius 2 is 2.12 bits per heavy atom. The molecule has 0 aliphatic heterocycles. The monoisotopic (exact) mass is 341 g/mol. The average Bonchev–Trinajstić information content (AvgIpc) is 2.25. The van der Waals surface area contributed by atoms with Gasteiger partial charge in [0.15, 0.2) is 0 Å². The minimum Gasteiger partial charge on any atom is -0.383 e. The molecule has 0 amide bonds. The summed E-state index contributed by atoms with van der Waals surface area (Å²) >= 11 is 9.12. The van der Waals surface area contributed by atoms with Crippen molar-refractivity contribution in [1.29, 1.82) is 0 Å². The van der Waals surface area contributed by atoms with Gasteiger partial charge < -0.3 is 4.74 Å². The van der Waals surface area contributed by atoms with Gasteiger partial charge in [-0.05, 0) is 28.1 Å². The van der Waals surface area contributed by atoms with Crippen LogP contribution in [0.25, 0.3) is 0 Å². The van der Waals surface area contributed by atoms with Crippen molar-refractivity contribution in [3.05, 3.63) is 27.7 Å². The lowest BCUT2D eigenvalue weighted by molar-refractivity contribution is 0.185. The molecule has 7 heteroatoms. The molecule has 0 spiro atoms. The summed E-state index contributed by atoms with van der Waals surface area (Å²) in [5.41, 5.74) is 0. The predicted octanol–water partition coefficient (Wildman–Crippen LogP) is 2.37. The van der Waals surface area contributed by atoms with Crippen LogP contribution >= 0.6 is 27.5 Å². The third-order valence-corrected chi connectivity index (χ3v) is 5.51. The summed E-state index contributed by atoms with van der Waals surface area (Å²) in [4.78, 5) is 0.0836. The average molecular weight is 343 g/mol. The van der Waals surface area contributed by atoms with Crippen molar-refractivity contribution in [2.45, 2.75) is 4.90 Å². The molecule has 0 heterocycles. The maximum atomic E-state index is 12.2. The lowest BCUT2D eigenvalue weighted by Gasteiger charge is -2.18. The van der Waals surface area contributed by atoms with Crippen molar-refractivity contribution in [3.63, 3.8) is 0 Å². The van der Waals surface area contributed by atoms with Gasteiger partial charge in [0.2, 0.25) is 10.0 Å². The third kappa shape index (κ3) is 3.42. The maximum absolute atomic E-state index is 12.2. The summed E-state index contributed by atoms with van der Waals surface area (Å²) in [6, 6.07) is 4.87. The minimum absolute atomic E-state index is 0.0836. The molecule has 1 rings (SSSR count). The summed E-state index contributed by atoms with van der Waals surface area (Å²) in [7, 11) is -0.588. The van der Waals surface area contributed by atoms with Crippen molar-refractivity contribution in [2.75, 3.05) is 27.3 Å². The lowest BCUT2D eigenvalue weighted by atomic mass is 10.4. The van der Waals surface area contributed by atoms with E-state index in [1.165, 1.54) is 18.5 Å². The molecule has 0 fully saturated rings. The van der Waals surface area contributed by atoms with E-state index in [1.54, 1.807) is 18.2 Å². The Balaban J connectivity index is 3.13. The van der Waals surface area contributed by atoms with Gasteiger partial charge >= 0.3 is 0 Å². The molecule has 1 aromatic carbocycles. The molecule has 0 saturated heterocycles. The third-order valence-electron chi connectivity index (χ3n) is 2.20. The standard InChI is InChI=1S/C10H13BrClNO3S/c1-13(6-7-16-2)17(14,15)10-8(11)4-3-5-9(10)12/h3-5H,6-7H2,1-2H3. The van der Waals surface area contributed by atoms with Crippen LogP contribution in [0.5, 0.6) is 0 Å². The first kappa shape index (κ1) is 14.9. The first-order valence-electron chi connectivity index (χ1n) is 4.80. The fraction of sp³-hybridized carbons (Fsp3) is 0.400. The molecule has 17 heavy (non-hydrogen) atoms. The zero-order valence-electron chi connectivity index (χ0n) is 9.48. The van der Waals surface area contributed by atoms with Gasteiger partial charge in [-0.25, -0.2) is 8.42 Å². The van der Waals surface area contributed by atoms with Crippen LogP contribution in [0.4, 0.5) is 0 Å². The highest BCUT2D eigenvalue weighted by atomic mass is 79.9. The van der Waals surface area contributed by atoms with Crippen LogP contribution in [-0.2, 0) is 14.8 Å². The second-order valence-electron chi connectivity index (χ2n) is 3.37. The summed E-state index contributed by atoms with van der Waals surface area (Å²) in [6.07, 6.45) is 0. The highest BCUT2D eigenvalue weighted by Gasteiger charge is 2.25. The molecular weight excluding hydrogens is 330 g/mol. The zero-order chi connectivity index (χ0) is 13.1. The normalized spacial score (nSPS) is 12.1. The summed E-state index contributed by atoms with van der Waals surface area (Å²) < 4.78 is 31.0. The molecule has 4 nitrogen and oxygen atoms in total. The quantitative estimate of drug-likeness (QED) is 0.825. The van der Waals surface area contributed by atoms with Crippen LogP contribution in [0.1, 0.15) is 0 Å². The second kappa shape index (κ2) is 6.15. The van der Waals surface area contributed by atoms with Gasteiger partial charge in [0, 0.05) is 25.2 Å². The fourth-order valence-electron chi connectivity index (χ4n) is 1.22. The van der Waals surface area contributed by atoms with Gasteiger partial charge in [-0.15, -0.1) is 0 Å². The first-order chi connectivity index (χ1) is 7.91. The van der Waals surface area contributed by atoms with Gasteiger partial charge in [0.25, 0.3) is 0 Å². The molecule has 0 bridgehead atoms. The van der Waals surface area contributed by atoms with Crippen LogP contribution in [0, 0.1) is 0 Å². The van der Waals surface area contributed by atoms with Crippen LogP contribution in [0.3, 0.4) is 0 Å². The predicted molar refractivity (Wildman–Crippen MR) is 70.8 cm³/mol. The highest BCUT2D eigenvalue weighted by Crippen LogP contribution is 2.31. The van der Waals surface area contributed by atoms with Gasteiger partial charge in [0.1, 0.15) is 4.90 Å². The van der Waals surface area contributed by atoms with Crippen LogP contribution in [0.2, 0.25) is 5.02 Å². The van der Waals surface area contributed by atoms with E-state index in [4.69, 9.17) is 16.3 Å². The van der Waals surface area contributed by atoms with Gasteiger partial charge in [-0.2, -0.15) is 4.31 Å². The Hall–Kier alpha value is -0.140. The molecule has 0 aromatic heterocycles. The van der Waals surface area contributed by atoms with E-state index >= 15 is 0 Å². The van der Waals surface area contributed by atoms with E-state index in [0.29, 0.717) is 11.1 Å². The molecule has 0 N–H and O–H groups in total. The summed E-state index contributed by atoms with van der Waals surface area (Å²) in [5.74, 6) is 0. The number of hydrogen-bond acceptors (Lipinski definition) is 3. The van der Waals surface area contributed by atoms with Crippen molar-refractivity contribution in [3.8, 4) is 0 Å². The number of hydrogen-bond donors (Lipinski definition) is 0. The largest absolute Gasteiger partial charge is 0.383 e. The summed E-state index contributed by atoms with van der Waals surface area (Å²) in [6.45, 7) is 0.605. The highest BCUT2D eigenvalue weighted by molar-refractivity contribution is 9.10. The smallest absolute Gasteiger partial charge is 0.245 e. The molecule has 0 aliphatic rings. The number of rotatable bonds is 5. The molecule has 0 atom stereocenters. The molecule has 0 unspecified atom stereocenters. The second-order valence-corrected chi connectivity index (χ2v) is 6.61. The number of nitrogens with zero attached hydrogens (tertiary/aromatic N) is 1. The van der Waals surface area contributed by atoms with E-state index < -0.39 is 10.0 Å². The van der Waals surface area contributed by atoms with Crippen LogP contribution < -0.4 is 0 Å². The van der Waals surface area contributed by atoms with Gasteiger partial charge in [-0.3, -0.25) is 0 Å². The molecular formula is C10H13BrClNO3S. The molecule has 0 radical (unpaired) electrons. The van der Waals surface area contributed by atoms with Crippen molar-refractivity contribution in [1.82, 2.24) is 4.31 Å². The van der Waals surface area contributed by atoms with E-state index in [2.05, 4.69) is 15.9 Å². The number of likely N-dealkylation sites (N-methyl/N-ethyl adjacent to an activating group) is 1. The van der Waals surface area contributed by atoms with Gasteiger partial charge in [0.05, 0.1) is 11.6 Å². The van der Waals surface area contributed by atoms with Crippen molar-refractivity contribution >= 4 is 37.6 Å². The SMILES string of the molecule is COCCN(C)S(=O)(=O)c1c(Cl)cccc1Br. The Kier molecular flexibility index (Phi) is 5.40. The Bertz CT molecular complexity index is 472. The Labute approximate surface area is 115 Å². The topological polar surface area (TPSA) is 46.6 Å². The Morgan fingerprint density at radius 3 is 2.65 bits per heavy atom. The van der Waals surface area contributed by atoms with Crippen molar-refractivity contribution in [2.24, 2.45) is 0 Å². The van der Waals surface area contributed by atoms with Crippen LogP contribution in [0.15, 0.2) is 27.6 Å². The fourth-order valence-corrected chi connectivity index (χ4v) is 4.04. The first-order valence-corrected chi connectivity index (χ1v) is 7.41. The van der Waals surface area contributed by atoms with E-state index in [0.717, 1.165) is 0 Å². The van der Waals surface area contributed by atoms with Gasteiger partial charge in [-0.1, -0.05) is 17.7 Å². The minimum atomic E-state index is -3.60. The number of ether oxygens (including phenoxy) is 1. The zero-order valence-corrected chi connectivity index (χ0v) is 12.6. The molecule has 96 valence electrons. The van der Waals surface area contributed by atoms with Crippen LogP contribution in [-0.4, -0.2) is 40.0 Å². The number of methoxy groups -OCH3 is 1. The molecule has 0 aliphatic carbocycles. The van der Waals surface area contributed by atoms with E-state index in [-0.39, 0.29) is 16.5 Å². The number of benzene rings is 1. The van der Waals surface area contributed by atoms with E-state index in [1.807, 2.05) is 0 Å². The number of halogens is 2. The number of sulfonamides is 1. The molecule has 0 saturated carbocycles. The van der Waals surface area contributed by atoms with Crippen molar-refractivity contribution < 1.29 is 13.2 Å². The Morgan fingerprint density at radius 1 is 1.47 bits per heavy atom. The summed E-state index contributed by atoms with van der Waals surface area (Å²) in [5, 5.41) is 0.198. The van der Waals surface area contributed by atoms with E-state index in [9.17, 15) is 8.42 Å².